The molecule has 0 unspecified atom stereocenters. The van der Waals surface area contributed by atoms with Crippen molar-refractivity contribution in [2.24, 2.45) is 5.73 Å². The minimum atomic E-state index is -1.21. The van der Waals surface area contributed by atoms with Crippen LogP contribution in [0.1, 0.15) is 6.42 Å². The van der Waals surface area contributed by atoms with Gasteiger partial charge >= 0.3 is 5.97 Å². The Morgan fingerprint density at radius 1 is 1.00 bits per heavy atom. The number of carbonyl (C=O) groups is 2. The molecule has 3 aromatic rings. The third-order valence-corrected chi connectivity index (χ3v) is 5.64. The molecule has 0 aliphatic carbocycles. The van der Waals surface area contributed by atoms with Crippen LogP contribution in [0.3, 0.4) is 0 Å². The van der Waals surface area contributed by atoms with Crippen molar-refractivity contribution in [2.45, 2.75) is 12.5 Å². The Kier molecular flexibility index (Phi) is 7.92. The lowest BCUT2D eigenvalue weighted by molar-refractivity contribution is -0.138. The van der Waals surface area contributed by atoms with E-state index in [0.29, 0.717) is 34.4 Å². The predicted molar refractivity (Wildman–Crippen MR) is 128 cm³/mol. The van der Waals surface area contributed by atoms with Crippen LogP contribution in [0, 0.1) is 0 Å². The third-order valence-electron chi connectivity index (χ3n) is 5.01. The van der Waals surface area contributed by atoms with Crippen LogP contribution in [0.2, 0.25) is 0 Å². The van der Waals surface area contributed by atoms with E-state index < -0.39 is 24.3 Å². The first kappa shape index (κ1) is 24.8. The number of ether oxygens (including phenoxy) is 4. The molecule has 0 radical (unpaired) electrons. The maximum atomic E-state index is 12.4. The molecule has 0 bridgehead atoms. The fraction of sp³-hybridized carbons (Fsp3) is 0.261. The molecule has 0 fully saturated rings. The standard InChI is InChI=1S/C23H25N3O7S/c1-30-17-6-5-12(7-16(17)25-23(29)15(24)10-20(27)28)14-11-34-26-21(14)13-8-18(31-2)22(33-4)19(9-13)32-3/h5-9,11,15H,10,24H2,1-4H3,(H,25,29)(H,27,28)/t15-/m0/s1. The summed E-state index contributed by atoms with van der Waals surface area (Å²) in [6, 6.07) is 7.65. The van der Waals surface area contributed by atoms with Crippen LogP contribution in [0.15, 0.2) is 35.7 Å². The van der Waals surface area contributed by atoms with E-state index in [9.17, 15) is 9.59 Å². The molecule has 0 aliphatic heterocycles. The van der Waals surface area contributed by atoms with Crippen molar-refractivity contribution in [1.82, 2.24) is 4.37 Å². The Labute approximate surface area is 200 Å². The summed E-state index contributed by atoms with van der Waals surface area (Å²) in [5.41, 5.74) is 9.02. The zero-order valence-electron chi connectivity index (χ0n) is 19.1. The number of hydrogen-bond donors (Lipinski definition) is 3. The Bertz CT molecular complexity index is 1170. The van der Waals surface area contributed by atoms with Gasteiger partial charge in [-0.1, -0.05) is 6.07 Å². The average molecular weight is 488 g/mol. The maximum Gasteiger partial charge on any atom is 0.305 e. The molecule has 180 valence electrons. The highest BCUT2D eigenvalue weighted by atomic mass is 32.1. The summed E-state index contributed by atoms with van der Waals surface area (Å²) in [5.74, 6) is 0.0560. The second-order valence-electron chi connectivity index (χ2n) is 7.10. The topological polar surface area (TPSA) is 142 Å². The highest BCUT2D eigenvalue weighted by Crippen LogP contribution is 2.44. The van der Waals surface area contributed by atoms with Crippen LogP contribution in [-0.4, -0.2) is 55.8 Å². The van der Waals surface area contributed by atoms with Gasteiger partial charge in [0.05, 0.1) is 52.3 Å². The second-order valence-corrected chi connectivity index (χ2v) is 7.73. The molecule has 1 atom stereocenters. The van der Waals surface area contributed by atoms with Crippen LogP contribution in [-0.2, 0) is 9.59 Å². The lowest BCUT2D eigenvalue weighted by atomic mass is 10.0. The fourth-order valence-electron chi connectivity index (χ4n) is 3.35. The van der Waals surface area contributed by atoms with Crippen molar-refractivity contribution in [1.29, 1.82) is 0 Å². The predicted octanol–water partition coefficient (Wildman–Crippen LogP) is 3.25. The molecule has 10 nitrogen and oxygen atoms in total. The van der Waals surface area contributed by atoms with Crippen LogP contribution in [0.25, 0.3) is 22.4 Å². The normalized spacial score (nSPS) is 11.4. The van der Waals surface area contributed by atoms with Gasteiger partial charge < -0.3 is 35.1 Å². The molecule has 0 aliphatic rings. The Morgan fingerprint density at radius 3 is 2.21 bits per heavy atom. The first-order valence-electron chi connectivity index (χ1n) is 10.0. The number of aromatic nitrogens is 1. The van der Waals surface area contributed by atoms with E-state index in [2.05, 4.69) is 9.69 Å². The number of carboxylic acid groups (broad SMARTS) is 1. The fourth-order valence-corrected chi connectivity index (χ4v) is 4.06. The van der Waals surface area contributed by atoms with E-state index >= 15 is 0 Å². The van der Waals surface area contributed by atoms with Crippen molar-refractivity contribution >= 4 is 29.1 Å². The van der Waals surface area contributed by atoms with Crippen molar-refractivity contribution in [3.05, 3.63) is 35.7 Å². The van der Waals surface area contributed by atoms with E-state index in [1.807, 2.05) is 11.4 Å². The van der Waals surface area contributed by atoms with Crippen LogP contribution >= 0.6 is 11.5 Å². The van der Waals surface area contributed by atoms with Gasteiger partial charge in [0.1, 0.15) is 5.75 Å². The molecule has 0 saturated heterocycles. The van der Waals surface area contributed by atoms with Crippen molar-refractivity contribution in [3.8, 4) is 45.4 Å². The zero-order valence-corrected chi connectivity index (χ0v) is 19.9. The number of carboxylic acids is 1. The molecule has 1 amide bonds. The van der Waals surface area contributed by atoms with Crippen LogP contribution in [0.5, 0.6) is 23.0 Å². The van der Waals surface area contributed by atoms with Gasteiger partial charge in [0, 0.05) is 16.5 Å². The van der Waals surface area contributed by atoms with Crippen molar-refractivity contribution in [3.63, 3.8) is 0 Å². The summed E-state index contributed by atoms with van der Waals surface area (Å²) >= 11 is 1.27. The second kappa shape index (κ2) is 10.9. The number of methoxy groups -OCH3 is 4. The molecule has 1 heterocycles. The highest BCUT2D eigenvalue weighted by molar-refractivity contribution is 7.04. The van der Waals surface area contributed by atoms with Gasteiger partial charge in [0.25, 0.3) is 0 Å². The lowest BCUT2D eigenvalue weighted by Crippen LogP contribution is -2.37. The molecule has 34 heavy (non-hydrogen) atoms. The Morgan fingerprint density at radius 2 is 1.65 bits per heavy atom. The van der Waals surface area contributed by atoms with Crippen molar-refractivity contribution in [2.75, 3.05) is 33.8 Å². The van der Waals surface area contributed by atoms with Gasteiger partial charge in [0.2, 0.25) is 11.7 Å². The zero-order chi connectivity index (χ0) is 24.8. The average Bonchev–Trinajstić information content (AvgIpc) is 3.32. The van der Waals surface area contributed by atoms with E-state index in [1.54, 1.807) is 24.3 Å². The number of aliphatic carboxylic acids is 1. The minimum Gasteiger partial charge on any atom is -0.495 e. The number of nitrogens with one attached hydrogen (secondary N) is 1. The third kappa shape index (κ3) is 5.21. The molecular weight excluding hydrogens is 462 g/mol. The molecule has 4 N–H and O–H groups in total. The molecular formula is C23H25N3O7S. The molecule has 3 rings (SSSR count). The summed E-state index contributed by atoms with van der Waals surface area (Å²) < 4.78 is 26.2. The highest BCUT2D eigenvalue weighted by Gasteiger charge is 2.21. The number of benzene rings is 2. The monoisotopic (exact) mass is 487 g/mol. The summed E-state index contributed by atoms with van der Waals surface area (Å²) in [6.07, 6.45) is -0.492. The lowest BCUT2D eigenvalue weighted by Gasteiger charge is -2.15. The summed E-state index contributed by atoms with van der Waals surface area (Å²) in [7, 11) is 6.08. The van der Waals surface area contributed by atoms with Gasteiger partial charge in [-0.3, -0.25) is 9.59 Å². The summed E-state index contributed by atoms with van der Waals surface area (Å²) in [5, 5.41) is 13.4. The number of anilines is 1. The minimum absolute atomic E-state index is 0.355. The number of amides is 1. The Balaban J connectivity index is 2.02. The van der Waals surface area contributed by atoms with Gasteiger partial charge in [-0.2, -0.15) is 4.37 Å². The Hall–Kier alpha value is -3.83. The maximum absolute atomic E-state index is 12.4. The smallest absolute Gasteiger partial charge is 0.305 e. The van der Waals surface area contributed by atoms with E-state index in [-0.39, 0.29) is 0 Å². The van der Waals surface area contributed by atoms with E-state index in [4.69, 9.17) is 29.8 Å². The molecule has 11 heteroatoms. The quantitative estimate of drug-likeness (QED) is 0.393. The van der Waals surface area contributed by atoms with E-state index in [1.165, 1.54) is 40.0 Å². The van der Waals surface area contributed by atoms with Gasteiger partial charge in [-0.05, 0) is 41.4 Å². The number of hydrogen-bond acceptors (Lipinski definition) is 9. The SMILES string of the molecule is COc1ccc(-c2csnc2-c2cc(OC)c(OC)c(OC)c2)cc1NC(=O)[C@@H](N)CC(=O)O. The first-order valence-corrected chi connectivity index (χ1v) is 10.9. The van der Waals surface area contributed by atoms with Gasteiger partial charge in [-0.25, -0.2) is 0 Å². The van der Waals surface area contributed by atoms with Gasteiger partial charge in [0.15, 0.2) is 11.5 Å². The number of nitrogens with zero attached hydrogens (tertiary/aromatic N) is 1. The van der Waals surface area contributed by atoms with Crippen molar-refractivity contribution < 1.29 is 33.6 Å². The summed E-state index contributed by atoms with van der Waals surface area (Å²) in [6.45, 7) is 0. The molecule has 0 saturated carbocycles. The summed E-state index contributed by atoms with van der Waals surface area (Å²) in [4.78, 5) is 23.3. The molecule has 0 spiro atoms. The number of carbonyl (C=O) groups excluding carboxylic acids is 1. The molecule has 1 aromatic heterocycles. The largest absolute Gasteiger partial charge is 0.495 e. The molecule has 2 aromatic carbocycles. The van der Waals surface area contributed by atoms with Crippen LogP contribution in [0.4, 0.5) is 5.69 Å². The first-order chi connectivity index (χ1) is 16.3. The van der Waals surface area contributed by atoms with Crippen LogP contribution < -0.4 is 30.0 Å². The van der Waals surface area contributed by atoms with Gasteiger partial charge in [-0.15, -0.1) is 0 Å². The number of nitrogens with two attached hydrogens (primary N) is 1. The number of rotatable bonds is 10. The van der Waals surface area contributed by atoms with E-state index in [0.717, 1.165) is 16.7 Å².